The maximum Gasteiger partial charge on any atom is 0.311 e. The van der Waals surface area contributed by atoms with E-state index < -0.39 is 0 Å². The normalized spacial score (nSPS) is 10.0. The molecule has 0 radical (unpaired) electrons. The molecule has 0 aliphatic rings. The fourth-order valence-electron chi connectivity index (χ4n) is 1.60. The van der Waals surface area contributed by atoms with Crippen LogP contribution in [0.2, 0.25) is 0 Å². The lowest BCUT2D eigenvalue weighted by molar-refractivity contribution is -0.147. The number of benzene rings is 1. The van der Waals surface area contributed by atoms with Crippen molar-refractivity contribution in [3.63, 3.8) is 0 Å². The van der Waals surface area contributed by atoms with Crippen molar-refractivity contribution in [2.45, 2.75) is 13.0 Å². The number of amides is 1. The summed E-state index contributed by atoms with van der Waals surface area (Å²) < 4.78 is 4.92. The molecular formula is C15H15NO3S. The first kappa shape index (κ1) is 14.3. The molecule has 1 N–H and O–H groups in total. The molecule has 0 bridgehead atoms. The number of hydrogen-bond donors (Lipinski definition) is 1. The average molecular weight is 289 g/mol. The Hall–Kier alpha value is -2.14. The third-order valence-corrected chi connectivity index (χ3v) is 3.47. The average Bonchev–Trinajstić information content (AvgIpc) is 2.97. The Morgan fingerprint density at radius 1 is 1.10 bits per heavy atom. The molecule has 0 aliphatic carbocycles. The maximum atomic E-state index is 11.5. The van der Waals surface area contributed by atoms with Crippen molar-refractivity contribution in [1.82, 2.24) is 5.32 Å². The monoisotopic (exact) mass is 289 g/mol. The molecule has 0 aliphatic heterocycles. The minimum atomic E-state index is -0.387. The molecule has 0 spiro atoms. The third-order valence-electron chi connectivity index (χ3n) is 2.60. The van der Waals surface area contributed by atoms with Crippen LogP contribution in [0.3, 0.4) is 0 Å². The van der Waals surface area contributed by atoms with Crippen LogP contribution in [0.5, 0.6) is 0 Å². The molecule has 1 aromatic heterocycles. The summed E-state index contributed by atoms with van der Waals surface area (Å²) in [6.45, 7) is 0.194. The Morgan fingerprint density at radius 2 is 1.90 bits per heavy atom. The highest BCUT2D eigenvalue weighted by Gasteiger charge is 2.08. The number of carbonyl (C=O) groups excluding carboxylic acids is 2. The van der Waals surface area contributed by atoms with Crippen LogP contribution in [-0.4, -0.2) is 18.5 Å². The van der Waals surface area contributed by atoms with Gasteiger partial charge in [0.2, 0.25) is 0 Å². The lowest BCUT2D eigenvalue weighted by Gasteiger charge is -2.06. The van der Waals surface area contributed by atoms with Gasteiger partial charge in [-0.15, -0.1) is 11.3 Å². The minimum absolute atomic E-state index is 0.212. The van der Waals surface area contributed by atoms with Gasteiger partial charge in [0.1, 0.15) is 0 Å². The fourth-order valence-corrected chi connectivity index (χ4v) is 2.29. The van der Waals surface area contributed by atoms with E-state index in [1.54, 1.807) is 0 Å². The van der Waals surface area contributed by atoms with Crippen LogP contribution in [0.4, 0.5) is 0 Å². The zero-order valence-electron chi connectivity index (χ0n) is 10.9. The number of carbonyl (C=O) groups is 2. The Balaban J connectivity index is 1.66. The topological polar surface area (TPSA) is 55.4 Å². The Bertz CT molecular complexity index is 552. The van der Waals surface area contributed by atoms with Crippen molar-refractivity contribution < 1.29 is 14.3 Å². The molecule has 0 atom stereocenters. The van der Waals surface area contributed by atoms with Crippen molar-refractivity contribution in [2.75, 3.05) is 6.61 Å². The van der Waals surface area contributed by atoms with Crippen molar-refractivity contribution in [3.8, 4) is 0 Å². The highest BCUT2D eigenvalue weighted by Crippen LogP contribution is 2.09. The third kappa shape index (κ3) is 4.85. The largest absolute Gasteiger partial charge is 0.455 e. The lowest BCUT2D eigenvalue weighted by Crippen LogP contribution is -2.28. The molecule has 2 aromatic rings. The standard InChI is InChI=1S/C15H15NO3S/c17-14(16-10-12-5-2-1-3-6-12)11-19-15(18)9-13-7-4-8-20-13/h1-8H,9-11H2,(H,16,17). The van der Waals surface area contributed by atoms with Gasteiger partial charge in [-0.3, -0.25) is 9.59 Å². The van der Waals surface area contributed by atoms with E-state index >= 15 is 0 Å². The number of ether oxygens (including phenoxy) is 1. The number of thiophene rings is 1. The quantitative estimate of drug-likeness (QED) is 0.829. The zero-order chi connectivity index (χ0) is 14.2. The summed E-state index contributed by atoms with van der Waals surface area (Å²) in [7, 11) is 0. The molecule has 1 heterocycles. The molecule has 5 heteroatoms. The van der Waals surface area contributed by atoms with Crippen LogP contribution in [0.25, 0.3) is 0 Å². The summed E-state index contributed by atoms with van der Waals surface area (Å²) in [4.78, 5) is 24.0. The molecule has 2 rings (SSSR count). The number of hydrogen-bond acceptors (Lipinski definition) is 4. The summed E-state index contributed by atoms with van der Waals surface area (Å²) in [6, 6.07) is 13.3. The van der Waals surface area contributed by atoms with Gasteiger partial charge in [-0.05, 0) is 17.0 Å². The molecule has 104 valence electrons. The van der Waals surface area contributed by atoms with Gasteiger partial charge in [-0.1, -0.05) is 36.4 Å². The van der Waals surface area contributed by atoms with E-state index in [0.717, 1.165) is 10.4 Å². The van der Waals surface area contributed by atoms with Gasteiger partial charge in [0.05, 0.1) is 6.42 Å². The zero-order valence-corrected chi connectivity index (χ0v) is 11.7. The van der Waals surface area contributed by atoms with Crippen molar-refractivity contribution in [2.24, 2.45) is 0 Å². The van der Waals surface area contributed by atoms with Crippen LogP contribution in [-0.2, 0) is 27.3 Å². The van der Waals surface area contributed by atoms with Crippen molar-refractivity contribution in [1.29, 1.82) is 0 Å². The van der Waals surface area contributed by atoms with Gasteiger partial charge >= 0.3 is 5.97 Å². The van der Waals surface area contributed by atoms with E-state index in [2.05, 4.69) is 5.32 Å². The Morgan fingerprint density at radius 3 is 2.60 bits per heavy atom. The van der Waals surface area contributed by atoms with Crippen molar-refractivity contribution >= 4 is 23.2 Å². The second kappa shape index (κ2) is 7.45. The van der Waals surface area contributed by atoms with Crippen LogP contribution in [0.15, 0.2) is 47.8 Å². The number of rotatable bonds is 6. The van der Waals surface area contributed by atoms with E-state index in [1.807, 2.05) is 47.8 Å². The summed E-state index contributed by atoms with van der Waals surface area (Å²) in [5, 5.41) is 4.60. The van der Waals surface area contributed by atoms with Crippen LogP contribution in [0.1, 0.15) is 10.4 Å². The predicted molar refractivity (Wildman–Crippen MR) is 77.3 cm³/mol. The first-order chi connectivity index (χ1) is 9.74. The number of esters is 1. The summed E-state index contributed by atoms with van der Waals surface area (Å²) in [6.07, 6.45) is 0.212. The molecule has 1 aromatic carbocycles. The van der Waals surface area contributed by atoms with Crippen LogP contribution >= 0.6 is 11.3 Å². The van der Waals surface area contributed by atoms with Gasteiger partial charge in [0, 0.05) is 11.4 Å². The molecule has 4 nitrogen and oxygen atoms in total. The summed E-state index contributed by atoms with van der Waals surface area (Å²) in [5.74, 6) is -0.685. The van der Waals surface area contributed by atoms with Gasteiger partial charge in [0.25, 0.3) is 5.91 Å². The summed E-state index contributed by atoms with van der Waals surface area (Å²) >= 11 is 1.49. The molecule has 20 heavy (non-hydrogen) atoms. The molecule has 0 fully saturated rings. The maximum absolute atomic E-state index is 11.5. The smallest absolute Gasteiger partial charge is 0.311 e. The van der Waals surface area contributed by atoms with Gasteiger partial charge in [0.15, 0.2) is 6.61 Å². The molecule has 1 amide bonds. The van der Waals surface area contributed by atoms with E-state index in [4.69, 9.17) is 4.74 Å². The van der Waals surface area contributed by atoms with E-state index in [1.165, 1.54) is 11.3 Å². The highest BCUT2D eigenvalue weighted by molar-refractivity contribution is 7.10. The van der Waals surface area contributed by atoms with E-state index in [-0.39, 0.29) is 24.9 Å². The van der Waals surface area contributed by atoms with Crippen molar-refractivity contribution in [3.05, 3.63) is 58.3 Å². The molecular weight excluding hydrogens is 274 g/mol. The molecule has 0 saturated carbocycles. The second-order valence-corrected chi connectivity index (χ2v) is 5.21. The fraction of sp³-hybridized carbons (Fsp3) is 0.200. The van der Waals surface area contributed by atoms with Gasteiger partial charge in [-0.25, -0.2) is 0 Å². The Kier molecular flexibility index (Phi) is 5.32. The number of nitrogens with one attached hydrogen (secondary N) is 1. The lowest BCUT2D eigenvalue weighted by atomic mass is 10.2. The first-order valence-corrected chi connectivity index (χ1v) is 7.10. The van der Waals surface area contributed by atoms with Crippen LogP contribution in [0, 0.1) is 0 Å². The van der Waals surface area contributed by atoms with E-state index in [0.29, 0.717) is 6.54 Å². The summed E-state index contributed by atoms with van der Waals surface area (Å²) in [5.41, 5.74) is 1.01. The van der Waals surface area contributed by atoms with E-state index in [9.17, 15) is 9.59 Å². The van der Waals surface area contributed by atoms with Gasteiger partial charge in [-0.2, -0.15) is 0 Å². The van der Waals surface area contributed by atoms with Crippen LogP contribution < -0.4 is 5.32 Å². The molecule has 0 saturated heterocycles. The highest BCUT2D eigenvalue weighted by atomic mass is 32.1. The molecule has 0 unspecified atom stereocenters. The second-order valence-electron chi connectivity index (χ2n) is 4.18. The predicted octanol–water partition coefficient (Wildman–Crippen LogP) is 2.15. The SMILES string of the molecule is O=C(COC(=O)Cc1cccs1)NCc1ccccc1. The Labute approximate surface area is 121 Å². The minimum Gasteiger partial charge on any atom is -0.455 e. The van der Waals surface area contributed by atoms with Gasteiger partial charge < -0.3 is 10.1 Å². The first-order valence-electron chi connectivity index (χ1n) is 6.22.